The van der Waals surface area contributed by atoms with Gasteiger partial charge in [-0.15, -0.1) is 0 Å². The molecule has 0 aliphatic rings. The minimum atomic E-state index is -0.311. The predicted octanol–water partition coefficient (Wildman–Crippen LogP) is 2.03. The second-order valence-corrected chi connectivity index (χ2v) is 6.21. The van der Waals surface area contributed by atoms with Gasteiger partial charge in [0.2, 0.25) is 5.96 Å². The number of nitrogens with zero attached hydrogens (tertiary/aromatic N) is 2. The van der Waals surface area contributed by atoms with E-state index in [0.29, 0.717) is 22.8 Å². The molecular weight excluding hydrogens is 396 g/mol. The Balaban J connectivity index is 0.000000187. The van der Waals surface area contributed by atoms with Crippen molar-refractivity contribution in [1.82, 2.24) is 4.98 Å². The minimum Gasteiger partial charge on any atom is -0.399 e. The summed E-state index contributed by atoms with van der Waals surface area (Å²) in [6, 6.07) is 12.7. The maximum absolute atomic E-state index is 6.90. The van der Waals surface area contributed by atoms with Crippen molar-refractivity contribution >= 4 is 55.7 Å². The highest BCUT2D eigenvalue weighted by Crippen LogP contribution is 2.27. The van der Waals surface area contributed by atoms with E-state index in [1.165, 1.54) is 0 Å². The minimum absolute atomic E-state index is 0.215. The summed E-state index contributed by atoms with van der Waals surface area (Å²) in [5, 5.41) is 8.83. The summed E-state index contributed by atoms with van der Waals surface area (Å²) < 4.78 is 0.984. The zero-order valence-electron chi connectivity index (χ0n) is 13.8. The van der Waals surface area contributed by atoms with Gasteiger partial charge in [-0.05, 0) is 36.4 Å². The number of anilines is 3. The van der Waals surface area contributed by atoms with E-state index in [1.807, 2.05) is 18.2 Å². The number of aliphatic imine (C=N–C) groups is 1. The van der Waals surface area contributed by atoms with Gasteiger partial charge in [-0.2, -0.15) is 4.99 Å². The number of benzene rings is 2. The van der Waals surface area contributed by atoms with Crippen LogP contribution in [0.1, 0.15) is 5.56 Å². The van der Waals surface area contributed by atoms with Crippen LogP contribution in [0.4, 0.5) is 17.2 Å². The summed E-state index contributed by atoms with van der Waals surface area (Å²) in [5.74, 6) is 0.285. The summed E-state index contributed by atoms with van der Waals surface area (Å²) in [6.45, 7) is 0. The smallest absolute Gasteiger partial charge is 0.214 e. The quantitative estimate of drug-likeness (QED) is 0.201. The van der Waals surface area contributed by atoms with Crippen LogP contribution in [0, 0.1) is 5.41 Å². The van der Waals surface area contributed by atoms with Crippen LogP contribution in [0.3, 0.4) is 0 Å². The number of pyridine rings is 1. The molecule has 0 bridgehead atoms. The zero-order chi connectivity index (χ0) is 19.3. The van der Waals surface area contributed by atoms with Gasteiger partial charge < -0.3 is 28.7 Å². The zero-order valence-corrected chi connectivity index (χ0v) is 15.4. The van der Waals surface area contributed by atoms with Crippen molar-refractivity contribution in [1.29, 1.82) is 5.41 Å². The molecule has 0 saturated heterocycles. The topological polar surface area (TPSA) is 179 Å². The summed E-state index contributed by atoms with van der Waals surface area (Å²) >= 11 is 3.37. The Morgan fingerprint density at radius 1 is 1.00 bits per heavy atom. The predicted molar refractivity (Wildman–Crippen MR) is 112 cm³/mol. The average Bonchev–Trinajstić information content (AvgIpc) is 2.59. The lowest BCUT2D eigenvalue weighted by Gasteiger charge is -2.04. The maximum Gasteiger partial charge on any atom is 0.214 e. The number of hydrogen-bond donors (Lipinski definition) is 6. The highest BCUT2D eigenvalue weighted by Gasteiger charge is 2.02. The van der Waals surface area contributed by atoms with Gasteiger partial charge >= 0.3 is 0 Å². The molecule has 134 valence electrons. The molecule has 9 heteroatoms. The first kappa shape index (κ1) is 19.0. The Bertz CT molecular complexity index is 961. The van der Waals surface area contributed by atoms with Crippen molar-refractivity contribution in [2.24, 2.45) is 16.5 Å². The van der Waals surface area contributed by atoms with Crippen molar-refractivity contribution in [3.8, 4) is 0 Å². The number of amidine groups is 1. The Hall–Kier alpha value is -3.33. The van der Waals surface area contributed by atoms with Crippen molar-refractivity contribution in [2.75, 3.05) is 17.2 Å². The molecule has 0 amide bonds. The van der Waals surface area contributed by atoms with E-state index in [9.17, 15) is 0 Å². The number of fused-ring (bicyclic) bond motifs is 1. The first-order valence-corrected chi connectivity index (χ1v) is 8.20. The number of guanidine groups is 1. The summed E-state index contributed by atoms with van der Waals surface area (Å²) in [4.78, 5) is 7.57. The number of nitrogen functional groups attached to an aromatic ring is 3. The molecule has 0 saturated carbocycles. The lowest BCUT2D eigenvalue weighted by atomic mass is 10.1. The third-order valence-electron chi connectivity index (χ3n) is 3.37. The van der Waals surface area contributed by atoms with Gasteiger partial charge in [-0.1, -0.05) is 22.0 Å². The van der Waals surface area contributed by atoms with E-state index in [-0.39, 0.29) is 11.8 Å². The number of rotatable bonds is 1. The van der Waals surface area contributed by atoms with Crippen molar-refractivity contribution in [3.63, 3.8) is 0 Å². The largest absolute Gasteiger partial charge is 0.399 e. The first-order chi connectivity index (χ1) is 12.3. The molecule has 3 aromatic rings. The van der Waals surface area contributed by atoms with Crippen molar-refractivity contribution < 1.29 is 0 Å². The number of nitrogens with two attached hydrogens (primary N) is 5. The van der Waals surface area contributed by atoms with E-state index in [2.05, 4.69) is 25.9 Å². The normalized spacial score (nSPS) is 10.9. The molecule has 0 aliphatic heterocycles. The highest BCUT2D eigenvalue weighted by molar-refractivity contribution is 9.10. The Kier molecular flexibility index (Phi) is 5.97. The van der Waals surface area contributed by atoms with Crippen LogP contribution in [0.15, 0.2) is 58.1 Å². The van der Waals surface area contributed by atoms with Gasteiger partial charge in [0.05, 0.1) is 5.69 Å². The van der Waals surface area contributed by atoms with Crippen LogP contribution in [0.2, 0.25) is 0 Å². The lowest BCUT2D eigenvalue weighted by Crippen LogP contribution is -2.18. The molecule has 26 heavy (non-hydrogen) atoms. The van der Waals surface area contributed by atoms with Crippen LogP contribution in [-0.2, 0) is 0 Å². The van der Waals surface area contributed by atoms with E-state index < -0.39 is 0 Å². The molecule has 2 aromatic carbocycles. The van der Waals surface area contributed by atoms with Gasteiger partial charge in [0.1, 0.15) is 11.7 Å². The average molecular weight is 415 g/mol. The lowest BCUT2D eigenvalue weighted by molar-refractivity contribution is 1.36. The molecular formula is C17H19BrN8. The number of halogens is 1. The third kappa shape index (κ3) is 4.84. The van der Waals surface area contributed by atoms with Crippen LogP contribution in [-0.4, -0.2) is 16.8 Å². The van der Waals surface area contributed by atoms with E-state index >= 15 is 0 Å². The molecule has 0 atom stereocenters. The van der Waals surface area contributed by atoms with E-state index in [4.69, 9.17) is 34.1 Å². The maximum atomic E-state index is 6.90. The highest BCUT2D eigenvalue weighted by atomic mass is 79.9. The van der Waals surface area contributed by atoms with Gasteiger partial charge in [0, 0.05) is 32.7 Å². The molecule has 0 radical (unpaired) electrons. The standard InChI is InChI=1S/C9H8BrN3.C8H11N5/c10-6-2-1-5-4-13-9(12)8(11)7(5)3-6;9-6-3-1-5(2-4-6)7(10)13-8(11)12/h1-4H,11H2,(H2,12,13);1-4H,9H2,(H5,10,11,12,13). The Morgan fingerprint density at radius 2 is 1.65 bits per heavy atom. The second kappa shape index (κ2) is 8.17. The van der Waals surface area contributed by atoms with Gasteiger partial charge in [0.25, 0.3) is 0 Å². The van der Waals surface area contributed by atoms with Crippen LogP contribution < -0.4 is 28.7 Å². The summed E-state index contributed by atoms with van der Waals surface area (Å²) in [5.41, 5.74) is 29.3. The molecule has 0 unspecified atom stereocenters. The first-order valence-electron chi connectivity index (χ1n) is 7.41. The van der Waals surface area contributed by atoms with Gasteiger partial charge in [-0.25, -0.2) is 4.98 Å². The van der Waals surface area contributed by atoms with E-state index in [1.54, 1.807) is 30.5 Å². The second-order valence-electron chi connectivity index (χ2n) is 5.29. The van der Waals surface area contributed by atoms with Crippen LogP contribution >= 0.6 is 15.9 Å². The number of nitrogens with one attached hydrogen (secondary N) is 1. The van der Waals surface area contributed by atoms with Gasteiger partial charge in [-0.3, -0.25) is 5.41 Å². The molecule has 1 aromatic heterocycles. The third-order valence-corrected chi connectivity index (χ3v) is 3.86. The summed E-state index contributed by atoms with van der Waals surface area (Å²) in [7, 11) is 0. The Morgan fingerprint density at radius 3 is 2.27 bits per heavy atom. The van der Waals surface area contributed by atoms with Crippen LogP contribution in [0.25, 0.3) is 10.8 Å². The molecule has 0 spiro atoms. The molecule has 11 N–H and O–H groups in total. The molecule has 1 heterocycles. The molecule has 0 aliphatic carbocycles. The summed E-state index contributed by atoms with van der Waals surface area (Å²) in [6.07, 6.45) is 1.72. The number of aromatic nitrogens is 1. The fourth-order valence-electron chi connectivity index (χ4n) is 2.07. The Labute approximate surface area is 158 Å². The number of hydrogen-bond acceptors (Lipinski definition) is 5. The molecule has 3 rings (SSSR count). The van der Waals surface area contributed by atoms with Crippen molar-refractivity contribution in [3.05, 3.63) is 58.7 Å². The van der Waals surface area contributed by atoms with Gasteiger partial charge in [0.15, 0.2) is 0 Å². The monoisotopic (exact) mass is 414 g/mol. The molecule has 8 nitrogen and oxygen atoms in total. The molecule has 0 fully saturated rings. The fraction of sp³-hybridized carbons (Fsp3) is 0. The SMILES string of the molecule is N=C(N)/N=C(/N)c1ccc(N)cc1.Nc1ncc2ccc(Br)cc2c1N. The fourth-order valence-corrected chi connectivity index (χ4v) is 2.43. The van der Waals surface area contributed by atoms with E-state index in [0.717, 1.165) is 15.2 Å². The van der Waals surface area contributed by atoms with Crippen molar-refractivity contribution in [2.45, 2.75) is 0 Å². The van der Waals surface area contributed by atoms with Crippen LogP contribution in [0.5, 0.6) is 0 Å².